The van der Waals surface area contributed by atoms with E-state index in [-0.39, 0.29) is 0 Å². The lowest BCUT2D eigenvalue weighted by molar-refractivity contribution is 0.675. The van der Waals surface area contributed by atoms with Crippen LogP contribution in [-0.2, 0) is 6.54 Å². The Morgan fingerprint density at radius 1 is 1.32 bits per heavy atom. The Kier molecular flexibility index (Phi) is 3.69. The average molecular weight is 338 g/mol. The lowest BCUT2D eigenvalue weighted by Gasteiger charge is -2.10. The van der Waals surface area contributed by atoms with Gasteiger partial charge in [-0.2, -0.15) is 0 Å². The Morgan fingerprint density at radius 3 is 2.53 bits per heavy atom. The van der Waals surface area contributed by atoms with Crippen molar-refractivity contribution in [3.05, 3.63) is 32.9 Å². The molecule has 0 amide bonds. The number of thiophene rings is 1. The van der Waals surface area contributed by atoms with Crippen molar-refractivity contribution in [1.82, 2.24) is 15.3 Å². The van der Waals surface area contributed by atoms with Crippen molar-refractivity contribution >= 4 is 27.3 Å². The van der Waals surface area contributed by atoms with Gasteiger partial charge in [0.2, 0.25) is 0 Å². The summed E-state index contributed by atoms with van der Waals surface area (Å²) >= 11 is 5.14. The highest BCUT2D eigenvalue weighted by Gasteiger charge is 2.21. The zero-order valence-electron chi connectivity index (χ0n) is 11.0. The van der Waals surface area contributed by atoms with E-state index in [1.165, 1.54) is 18.4 Å². The number of aryl methyl sites for hydroxylation is 2. The first kappa shape index (κ1) is 13.2. The van der Waals surface area contributed by atoms with Crippen LogP contribution in [0.1, 0.15) is 29.8 Å². The van der Waals surface area contributed by atoms with Gasteiger partial charge in [-0.25, -0.2) is 9.97 Å². The quantitative estimate of drug-likeness (QED) is 0.921. The largest absolute Gasteiger partial charge is 0.310 e. The standard InChI is InChI=1S/C14H16BrN3S/c1-8-12(6-16-11-3-4-11)9(2)18-14(17-8)13-5-10(15)7-19-13/h5,7,11,16H,3-4,6H2,1-2H3. The van der Waals surface area contributed by atoms with Gasteiger partial charge in [0.15, 0.2) is 5.82 Å². The van der Waals surface area contributed by atoms with Gasteiger partial charge < -0.3 is 5.32 Å². The molecule has 19 heavy (non-hydrogen) atoms. The van der Waals surface area contributed by atoms with Crippen LogP contribution < -0.4 is 5.32 Å². The van der Waals surface area contributed by atoms with E-state index >= 15 is 0 Å². The number of nitrogens with one attached hydrogen (secondary N) is 1. The fourth-order valence-corrected chi connectivity index (χ4v) is 3.43. The number of hydrogen-bond acceptors (Lipinski definition) is 4. The Labute approximate surface area is 125 Å². The summed E-state index contributed by atoms with van der Waals surface area (Å²) in [6.45, 7) is 5.03. The first-order valence-electron chi connectivity index (χ1n) is 6.45. The fourth-order valence-electron chi connectivity index (χ4n) is 2.07. The SMILES string of the molecule is Cc1nc(-c2cc(Br)cs2)nc(C)c1CNC1CC1. The van der Waals surface area contributed by atoms with Gasteiger partial charge in [0, 0.05) is 39.4 Å². The van der Waals surface area contributed by atoms with E-state index in [0.29, 0.717) is 6.04 Å². The molecule has 5 heteroatoms. The van der Waals surface area contributed by atoms with Crippen molar-refractivity contribution in [2.75, 3.05) is 0 Å². The lowest BCUT2D eigenvalue weighted by atomic mass is 10.1. The summed E-state index contributed by atoms with van der Waals surface area (Å²) in [5.41, 5.74) is 3.41. The van der Waals surface area contributed by atoms with Crippen LogP contribution in [0.15, 0.2) is 15.9 Å². The zero-order chi connectivity index (χ0) is 13.4. The fraction of sp³-hybridized carbons (Fsp3) is 0.429. The smallest absolute Gasteiger partial charge is 0.169 e. The monoisotopic (exact) mass is 337 g/mol. The van der Waals surface area contributed by atoms with Crippen molar-refractivity contribution in [2.24, 2.45) is 0 Å². The number of aromatic nitrogens is 2. The molecule has 0 atom stereocenters. The molecule has 0 aliphatic heterocycles. The number of hydrogen-bond donors (Lipinski definition) is 1. The molecule has 0 spiro atoms. The molecule has 1 N–H and O–H groups in total. The second kappa shape index (κ2) is 5.31. The van der Waals surface area contributed by atoms with Gasteiger partial charge in [0.25, 0.3) is 0 Å². The molecule has 1 fully saturated rings. The molecule has 3 rings (SSSR count). The van der Waals surface area contributed by atoms with Crippen molar-refractivity contribution in [1.29, 1.82) is 0 Å². The van der Waals surface area contributed by atoms with E-state index in [1.54, 1.807) is 11.3 Å². The van der Waals surface area contributed by atoms with E-state index in [2.05, 4.69) is 56.5 Å². The van der Waals surface area contributed by atoms with Crippen molar-refractivity contribution < 1.29 is 0 Å². The van der Waals surface area contributed by atoms with Crippen LogP contribution in [0.4, 0.5) is 0 Å². The van der Waals surface area contributed by atoms with E-state index in [9.17, 15) is 0 Å². The summed E-state index contributed by atoms with van der Waals surface area (Å²) in [5.74, 6) is 0.834. The van der Waals surface area contributed by atoms with Gasteiger partial charge in [0.05, 0.1) is 4.88 Å². The van der Waals surface area contributed by atoms with Crippen LogP contribution in [0.3, 0.4) is 0 Å². The van der Waals surface area contributed by atoms with Gasteiger partial charge in [-0.1, -0.05) is 0 Å². The molecular weight excluding hydrogens is 322 g/mol. The highest BCUT2D eigenvalue weighted by molar-refractivity contribution is 9.10. The third-order valence-electron chi connectivity index (χ3n) is 3.35. The Morgan fingerprint density at radius 2 is 2.00 bits per heavy atom. The minimum Gasteiger partial charge on any atom is -0.310 e. The van der Waals surface area contributed by atoms with Gasteiger partial charge in [-0.15, -0.1) is 11.3 Å². The second-order valence-electron chi connectivity index (χ2n) is 4.98. The number of rotatable bonds is 4. The Balaban J connectivity index is 1.87. The van der Waals surface area contributed by atoms with E-state index in [0.717, 1.165) is 33.1 Å². The minimum atomic E-state index is 0.715. The maximum absolute atomic E-state index is 4.65. The van der Waals surface area contributed by atoms with Crippen molar-refractivity contribution in [3.8, 4) is 10.7 Å². The van der Waals surface area contributed by atoms with Crippen LogP contribution in [0.2, 0.25) is 0 Å². The first-order chi connectivity index (χ1) is 9.13. The molecule has 0 bridgehead atoms. The molecule has 2 heterocycles. The topological polar surface area (TPSA) is 37.8 Å². The predicted molar refractivity (Wildman–Crippen MR) is 82.4 cm³/mol. The molecule has 2 aromatic rings. The van der Waals surface area contributed by atoms with Gasteiger partial charge in [-0.3, -0.25) is 0 Å². The highest BCUT2D eigenvalue weighted by atomic mass is 79.9. The van der Waals surface area contributed by atoms with Crippen LogP contribution >= 0.6 is 27.3 Å². The first-order valence-corrected chi connectivity index (χ1v) is 8.12. The number of nitrogens with zero attached hydrogens (tertiary/aromatic N) is 2. The molecule has 1 aliphatic carbocycles. The second-order valence-corrected chi connectivity index (χ2v) is 6.81. The van der Waals surface area contributed by atoms with Gasteiger partial charge >= 0.3 is 0 Å². The molecule has 1 saturated carbocycles. The molecule has 0 saturated heterocycles. The third kappa shape index (κ3) is 3.04. The summed E-state index contributed by atoms with van der Waals surface area (Å²) in [7, 11) is 0. The van der Waals surface area contributed by atoms with E-state index in [1.807, 2.05) is 0 Å². The van der Waals surface area contributed by atoms with Crippen molar-refractivity contribution in [3.63, 3.8) is 0 Å². The van der Waals surface area contributed by atoms with Gasteiger partial charge in [-0.05, 0) is 48.7 Å². The summed E-state index contributed by atoms with van der Waals surface area (Å²) in [6, 6.07) is 2.78. The molecule has 0 aromatic carbocycles. The summed E-state index contributed by atoms with van der Waals surface area (Å²) in [6.07, 6.45) is 2.61. The zero-order valence-corrected chi connectivity index (χ0v) is 13.4. The third-order valence-corrected chi connectivity index (χ3v) is 5.04. The van der Waals surface area contributed by atoms with E-state index < -0.39 is 0 Å². The van der Waals surface area contributed by atoms with Crippen LogP contribution in [0.25, 0.3) is 10.7 Å². The molecule has 2 aromatic heterocycles. The Hall–Kier alpha value is -0.780. The van der Waals surface area contributed by atoms with Crippen LogP contribution in [-0.4, -0.2) is 16.0 Å². The normalized spacial score (nSPS) is 14.9. The molecule has 1 aliphatic rings. The highest BCUT2D eigenvalue weighted by Crippen LogP contribution is 2.28. The maximum Gasteiger partial charge on any atom is 0.169 e. The summed E-state index contributed by atoms with van der Waals surface area (Å²) in [5, 5.41) is 5.59. The Bertz CT molecular complexity index is 581. The van der Waals surface area contributed by atoms with Gasteiger partial charge in [0.1, 0.15) is 0 Å². The maximum atomic E-state index is 4.65. The molecule has 0 unspecified atom stereocenters. The minimum absolute atomic E-state index is 0.715. The van der Waals surface area contributed by atoms with Crippen molar-refractivity contribution in [2.45, 2.75) is 39.3 Å². The summed E-state index contributed by atoms with van der Waals surface area (Å²) in [4.78, 5) is 10.4. The van der Waals surface area contributed by atoms with E-state index in [4.69, 9.17) is 0 Å². The van der Waals surface area contributed by atoms with Crippen LogP contribution in [0, 0.1) is 13.8 Å². The molecule has 3 nitrogen and oxygen atoms in total. The lowest BCUT2D eigenvalue weighted by Crippen LogP contribution is -2.18. The molecular formula is C14H16BrN3S. The average Bonchev–Trinajstić information content (AvgIpc) is 3.08. The number of halogens is 1. The van der Waals surface area contributed by atoms with Crippen LogP contribution in [0.5, 0.6) is 0 Å². The molecule has 100 valence electrons. The molecule has 0 radical (unpaired) electrons. The predicted octanol–water partition coefficient (Wildman–Crippen LogP) is 3.84. The summed E-state index contributed by atoms with van der Waals surface area (Å²) < 4.78 is 1.09.